The molecule has 0 radical (unpaired) electrons. The quantitative estimate of drug-likeness (QED) is 0.455. The van der Waals surface area contributed by atoms with Gasteiger partial charge in [0.15, 0.2) is 0 Å². The minimum absolute atomic E-state index is 0.112. The maximum absolute atomic E-state index is 10.4. The molecule has 1 unspecified atom stereocenters. The summed E-state index contributed by atoms with van der Waals surface area (Å²) < 4.78 is 34.5. The van der Waals surface area contributed by atoms with Gasteiger partial charge in [-0.2, -0.15) is 8.42 Å². The molecule has 0 aromatic heterocycles. The van der Waals surface area contributed by atoms with Gasteiger partial charge in [-0.25, -0.2) is 0 Å². The first-order valence-corrected chi connectivity index (χ1v) is 5.89. The first-order valence-electron chi connectivity index (χ1n) is 4.28. The van der Waals surface area contributed by atoms with E-state index in [9.17, 15) is 8.42 Å². The van der Waals surface area contributed by atoms with Crippen LogP contribution in [-0.2, 0) is 14.9 Å². The molecule has 14 heavy (non-hydrogen) atoms. The van der Waals surface area contributed by atoms with Crippen molar-refractivity contribution in [1.82, 2.24) is 0 Å². The van der Waals surface area contributed by atoms with E-state index in [-0.39, 0.29) is 31.5 Å². The third kappa shape index (κ3) is 8.18. The molecule has 0 amide bonds. The second-order valence-corrected chi connectivity index (χ2v) is 4.39. The Morgan fingerprint density at radius 2 is 2.14 bits per heavy atom. The molecule has 0 fully saturated rings. The van der Waals surface area contributed by atoms with Crippen molar-refractivity contribution in [3.05, 3.63) is 12.7 Å². The molecule has 0 saturated carbocycles. The van der Waals surface area contributed by atoms with Crippen molar-refractivity contribution in [1.29, 1.82) is 0 Å². The fourth-order valence-corrected chi connectivity index (χ4v) is 1.52. The first kappa shape index (κ1) is 13.6. The Balaban J connectivity index is 3.89. The van der Waals surface area contributed by atoms with Crippen LogP contribution in [0.25, 0.3) is 0 Å². The predicted octanol–water partition coefficient (Wildman–Crippen LogP) is 0.218. The van der Waals surface area contributed by atoms with E-state index in [0.29, 0.717) is 6.42 Å². The van der Waals surface area contributed by atoms with Gasteiger partial charge in [-0.3, -0.25) is 4.55 Å². The summed E-state index contributed by atoms with van der Waals surface area (Å²) >= 11 is 0. The van der Waals surface area contributed by atoms with E-state index < -0.39 is 10.1 Å². The van der Waals surface area contributed by atoms with Gasteiger partial charge in [0, 0.05) is 0 Å². The molecule has 0 aliphatic rings. The highest BCUT2D eigenvalue weighted by atomic mass is 32.2. The summed E-state index contributed by atoms with van der Waals surface area (Å²) in [7, 11) is -3.94. The molecule has 0 aromatic rings. The Bertz CT molecular complexity index is 246. The third-order valence-corrected chi connectivity index (χ3v) is 2.32. The van der Waals surface area contributed by atoms with Crippen molar-refractivity contribution < 1.29 is 22.8 Å². The summed E-state index contributed by atoms with van der Waals surface area (Å²) in [6, 6.07) is 0. The van der Waals surface area contributed by atoms with Gasteiger partial charge >= 0.3 is 0 Å². The van der Waals surface area contributed by atoms with Crippen LogP contribution in [0.4, 0.5) is 0 Å². The molecule has 0 spiro atoms. The van der Waals surface area contributed by atoms with Gasteiger partial charge < -0.3 is 9.84 Å². The van der Waals surface area contributed by atoms with Gasteiger partial charge in [-0.05, 0) is 12.8 Å². The molecule has 2 N–H and O–H groups in total. The summed E-state index contributed by atoms with van der Waals surface area (Å²) in [6.07, 6.45) is 1.98. The lowest BCUT2D eigenvalue weighted by Gasteiger charge is -2.14. The van der Waals surface area contributed by atoms with Gasteiger partial charge in [0.2, 0.25) is 0 Å². The smallest absolute Gasteiger partial charge is 0.264 e. The number of hydrogen-bond acceptors (Lipinski definition) is 4. The Labute approximate surface area is 84.1 Å². The Morgan fingerprint density at radius 1 is 1.50 bits per heavy atom. The van der Waals surface area contributed by atoms with E-state index in [1.807, 2.05) is 0 Å². The average Bonchev–Trinajstić information content (AvgIpc) is 2.08. The molecule has 0 heterocycles. The van der Waals surface area contributed by atoms with Crippen molar-refractivity contribution in [3.8, 4) is 0 Å². The zero-order valence-electron chi connectivity index (χ0n) is 7.92. The average molecular weight is 224 g/mol. The SMILES string of the molecule is C=CCC(CCS(=O)(=O)O)OCCO. The van der Waals surface area contributed by atoms with E-state index in [1.165, 1.54) is 0 Å². The van der Waals surface area contributed by atoms with Gasteiger partial charge in [0.25, 0.3) is 10.1 Å². The lowest BCUT2D eigenvalue weighted by atomic mass is 10.2. The van der Waals surface area contributed by atoms with Gasteiger partial charge in [0.1, 0.15) is 0 Å². The van der Waals surface area contributed by atoms with Crippen LogP contribution in [0.5, 0.6) is 0 Å². The highest BCUT2D eigenvalue weighted by Crippen LogP contribution is 2.06. The maximum Gasteiger partial charge on any atom is 0.264 e. The zero-order chi connectivity index (χ0) is 11.0. The summed E-state index contributed by atoms with van der Waals surface area (Å²) in [5.74, 6) is -0.336. The van der Waals surface area contributed by atoms with Crippen LogP contribution in [-0.4, -0.2) is 43.1 Å². The van der Waals surface area contributed by atoms with E-state index in [2.05, 4.69) is 6.58 Å². The van der Waals surface area contributed by atoms with Crippen LogP contribution in [0.15, 0.2) is 12.7 Å². The number of aliphatic hydroxyl groups excluding tert-OH is 1. The molecule has 5 nitrogen and oxygen atoms in total. The van der Waals surface area contributed by atoms with Gasteiger partial charge in [-0.1, -0.05) is 6.08 Å². The number of ether oxygens (including phenoxy) is 1. The monoisotopic (exact) mass is 224 g/mol. The van der Waals surface area contributed by atoms with E-state index in [0.717, 1.165) is 0 Å². The second-order valence-electron chi connectivity index (χ2n) is 2.82. The summed E-state index contributed by atoms with van der Waals surface area (Å²) in [5, 5.41) is 8.49. The van der Waals surface area contributed by atoms with Gasteiger partial charge in [-0.15, -0.1) is 6.58 Å². The summed E-state index contributed by atoms with van der Waals surface area (Å²) in [4.78, 5) is 0. The Hall–Kier alpha value is -0.430. The highest BCUT2D eigenvalue weighted by Gasteiger charge is 2.12. The number of rotatable bonds is 8. The van der Waals surface area contributed by atoms with Crippen LogP contribution < -0.4 is 0 Å². The molecule has 0 rings (SSSR count). The Kier molecular flexibility index (Phi) is 6.73. The molecule has 0 aliphatic carbocycles. The molecular weight excluding hydrogens is 208 g/mol. The van der Waals surface area contributed by atoms with Crippen molar-refractivity contribution in [3.63, 3.8) is 0 Å². The van der Waals surface area contributed by atoms with Crippen LogP contribution in [0.2, 0.25) is 0 Å². The topological polar surface area (TPSA) is 83.8 Å². The summed E-state index contributed by atoms with van der Waals surface area (Å²) in [6.45, 7) is 3.54. The van der Waals surface area contributed by atoms with E-state index in [4.69, 9.17) is 14.4 Å². The molecule has 0 aliphatic heterocycles. The van der Waals surface area contributed by atoms with E-state index >= 15 is 0 Å². The number of hydrogen-bond donors (Lipinski definition) is 2. The van der Waals surface area contributed by atoms with Crippen molar-refractivity contribution in [2.45, 2.75) is 18.9 Å². The molecule has 0 bridgehead atoms. The minimum atomic E-state index is -3.94. The minimum Gasteiger partial charge on any atom is -0.394 e. The van der Waals surface area contributed by atoms with Crippen LogP contribution in [0.3, 0.4) is 0 Å². The molecular formula is C8H16O5S. The highest BCUT2D eigenvalue weighted by molar-refractivity contribution is 7.85. The van der Waals surface area contributed by atoms with Crippen molar-refractivity contribution >= 4 is 10.1 Å². The number of aliphatic hydroxyl groups is 1. The lowest BCUT2D eigenvalue weighted by Crippen LogP contribution is -2.19. The predicted molar refractivity (Wildman–Crippen MR) is 52.7 cm³/mol. The van der Waals surface area contributed by atoms with Crippen LogP contribution >= 0.6 is 0 Å². The normalized spacial score (nSPS) is 13.9. The first-order chi connectivity index (χ1) is 6.49. The van der Waals surface area contributed by atoms with E-state index in [1.54, 1.807) is 6.08 Å². The van der Waals surface area contributed by atoms with Gasteiger partial charge in [0.05, 0.1) is 25.1 Å². The second kappa shape index (κ2) is 6.94. The standard InChI is InChI=1S/C8H16O5S/c1-2-3-8(13-6-5-9)4-7-14(10,11)12/h2,8-9H,1,3-7H2,(H,10,11,12). The largest absolute Gasteiger partial charge is 0.394 e. The molecule has 1 atom stereocenters. The third-order valence-electron chi connectivity index (χ3n) is 1.57. The fourth-order valence-electron chi connectivity index (χ4n) is 0.955. The fraction of sp³-hybridized carbons (Fsp3) is 0.750. The molecule has 0 aromatic carbocycles. The summed E-state index contributed by atoms with van der Waals surface area (Å²) in [5.41, 5.74) is 0. The molecule has 0 saturated heterocycles. The van der Waals surface area contributed by atoms with Crippen LogP contribution in [0.1, 0.15) is 12.8 Å². The molecule has 6 heteroatoms. The maximum atomic E-state index is 10.4. The van der Waals surface area contributed by atoms with Crippen molar-refractivity contribution in [2.24, 2.45) is 0 Å². The zero-order valence-corrected chi connectivity index (χ0v) is 8.74. The van der Waals surface area contributed by atoms with Crippen molar-refractivity contribution in [2.75, 3.05) is 19.0 Å². The molecule has 84 valence electrons. The van der Waals surface area contributed by atoms with Crippen LogP contribution in [0, 0.1) is 0 Å². The Morgan fingerprint density at radius 3 is 2.57 bits per heavy atom. The lowest BCUT2D eigenvalue weighted by molar-refractivity contribution is 0.0288.